The second kappa shape index (κ2) is 6.36. The molecular weight excluding hydrogens is 239 g/mol. The molecule has 0 heterocycles. The third-order valence-electron chi connectivity index (χ3n) is 2.98. The van der Waals surface area contributed by atoms with Crippen LogP contribution in [0.4, 0.5) is 4.39 Å². The first-order chi connectivity index (χ1) is 8.02. The Kier molecular flexibility index (Phi) is 5.41. The van der Waals surface area contributed by atoms with E-state index in [-0.39, 0.29) is 5.02 Å². The van der Waals surface area contributed by atoms with Crippen LogP contribution in [0.5, 0.6) is 0 Å². The Morgan fingerprint density at radius 2 is 1.82 bits per heavy atom. The largest absolute Gasteiger partial charge is 0.390 e. The van der Waals surface area contributed by atoms with Crippen LogP contribution in [0.3, 0.4) is 0 Å². The molecule has 96 valence electrons. The molecule has 0 saturated heterocycles. The Hall–Kier alpha value is -0.600. The van der Waals surface area contributed by atoms with Gasteiger partial charge < -0.3 is 5.11 Å². The Morgan fingerprint density at radius 1 is 1.24 bits per heavy atom. The van der Waals surface area contributed by atoms with E-state index in [9.17, 15) is 9.50 Å². The SMILES string of the molecule is CCCC(O)(CCC)Cc1cccc(Cl)c1F. The quantitative estimate of drug-likeness (QED) is 0.804. The molecule has 0 atom stereocenters. The molecule has 17 heavy (non-hydrogen) atoms. The molecule has 1 aromatic carbocycles. The smallest absolute Gasteiger partial charge is 0.145 e. The van der Waals surface area contributed by atoms with Gasteiger partial charge in [0.05, 0.1) is 10.6 Å². The average Bonchev–Trinajstić information content (AvgIpc) is 2.25. The monoisotopic (exact) mass is 258 g/mol. The lowest BCUT2D eigenvalue weighted by Gasteiger charge is -2.28. The maximum atomic E-state index is 13.8. The highest BCUT2D eigenvalue weighted by molar-refractivity contribution is 6.30. The van der Waals surface area contributed by atoms with Crippen LogP contribution in [0.2, 0.25) is 5.02 Å². The summed E-state index contributed by atoms with van der Waals surface area (Å²) >= 11 is 5.74. The molecule has 0 radical (unpaired) electrons. The van der Waals surface area contributed by atoms with Gasteiger partial charge >= 0.3 is 0 Å². The maximum Gasteiger partial charge on any atom is 0.145 e. The summed E-state index contributed by atoms with van der Waals surface area (Å²) < 4.78 is 13.8. The van der Waals surface area contributed by atoms with Gasteiger partial charge in [-0.05, 0) is 24.5 Å². The first kappa shape index (κ1) is 14.5. The van der Waals surface area contributed by atoms with Crippen LogP contribution in [0.1, 0.15) is 45.1 Å². The minimum atomic E-state index is -0.810. The Morgan fingerprint density at radius 3 is 2.35 bits per heavy atom. The molecule has 0 fully saturated rings. The Bertz CT molecular complexity index is 359. The van der Waals surface area contributed by atoms with Gasteiger partial charge in [0.25, 0.3) is 0 Å². The normalized spacial score (nSPS) is 11.8. The van der Waals surface area contributed by atoms with Gasteiger partial charge in [0.1, 0.15) is 5.82 Å². The standard InChI is InChI=1S/C14H20ClFO/c1-3-8-14(17,9-4-2)10-11-6-5-7-12(15)13(11)16/h5-7,17H,3-4,8-10H2,1-2H3. The molecular formula is C14H20ClFO. The minimum absolute atomic E-state index is 0.123. The lowest BCUT2D eigenvalue weighted by Crippen LogP contribution is -2.31. The molecule has 1 aromatic rings. The van der Waals surface area contributed by atoms with Crippen molar-refractivity contribution in [3.63, 3.8) is 0 Å². The minimum Gasteiger partial charge on any atom is -0.390 e. The van der Waals surface area contributed by atoms with Crippen molar-refractivity contribution in [2.75, 3.05) is 0 Å². The van der Waals surface area contributed by atoms with Crippen molar-refractivity contribution >= 4 is 11.6 Å². The van der Waals surface area contributed by atoms with Crippen LogP contribution in [-0.2, 0) is 6.42 Å². The van der Waals surface area contributed by atoms with Crippen molar-refractivity contribution < 1.29 is 9.50 Å². The number of rotatable bonds is 6. The molecule has 0 unspecified atom stereocenters. The van der Waals surface area contributed by atoms with E-state index in [2.05, 4.69) is 0 Å². The predicted molar refractivity (Wildman–Crippen MR) is 69.9 cm³/mol. The lowest BCUT2D eigenvalue weighted by molar-refractivity contribution is 0.0209. The van der Waals surface area contributed by atoms with Crippen molar-refractivity contribution in [1.29, 1.82) is 0 Å². The summed E-state index contributed by atoms with van der Waals surface area (Å²) in [6, 6.07) is 4.94. The molecule has 0 bridgehead atoms. The number of benzene rings is 1. The highest BCUT2D eigenvalue weighted by atomic mass is 35.5. The molecule has 1 N–H and O–H groups in total. The lowest BCUT2D eigenvalue weighted by atomic mass is 9.86. The fraction of sp³-hybridized carbons (Fsp3) is 0.571. The van der Waals surface area contributed by atoms with Gasteiger partial charge in [-0.3, -0.25) is 0 Å². The summed E-state index contributed by atoms with van der Waals surface area (Å²) in [5.74, 6) is -0.403. The van der Waals surface area contributed by atoms with E-state index in [4.69, 9.17) is 11.6 Å². The fourth-order valence-corrected chi connectivity index (χ4v) is 2.47. The molecule has 0 aliphatic heterocycles. The van der Waals surface area contributed by atoms with E-state index < -0.39 is 11.4 Å². The number of hydrogen-bond donors (Lipinski definition) is 1. The zero-order chi connectivity index (χ0) is 12.9. The second-order valence-corrected chi connectivity index (χ2v) is 5.02. The van der Waals surface area contributed by atoms with Crippen molar-refractivity contribution in [1.82, 2.24) is 0 Å². The first-order valence-electron chi connectivity index (χ1n) is 6.17. The van der Waals surface area contributed by atoms with Crippen molar-refractivity contribution in [2.24, 2.45) is 0 Å². The van der Waals surface area contributed by atoms with Gasteiger partial charge in [-0.2, -0.15) is 0 Å². The summed E-state index contributed by atoms with van der Waals surface area (Å²) in [4.78, 5) is 0. The van der Waals surface area contributed by atoms with Crippen molar-refractivity contribution in [3.8, 4) is 0 Å². The van der Waals surface area contributed by atoms with E-state index in [1.807, 2.05) is 13.8 Å². The summed E-state index contributed by atoms with van der Waals surface area (Å²) in [5.41, 5.74) is -0.309. The van der Waals surface area contributed by atoms with E-state index in [0.717, 1.165) is 12.8 Å². The summed E-state index contributed by atoms with van der Waals surface area (Å²) in [6.45, 7) is 4.05. The highest BCUT2D eigenvalue weighted by Crippen LogP contribution is 2.27. The molecule has 1 nitrogen and oxygen atoms in total. The molecule has 0 aliphatic rings. The van der Waals surface area contributed by atoms with E-state index in [0.29, 0.717) is 24.8 Å². The summed E-state index contributed by atoms with van der Waals surface area (Å²) in [7, 11) is 0. The van der Waals surface area contributed by atoms with Gasteiger partial charge in [-0.25, -0.2) is 4.39 Å². The zero-order valence-electron chi connectivity index (χ0n) is 10.5. The third kappa shape index (κ3) is 3.97. The molecule has 0 saturated carbocycles. The van der Waals surface area contributed by atoms with E-state index in [1.165, 1.54) is 6.07 Å². The fourth-order valence-electron chi connectivity index (χ4n) is 2.27. The zero-order valence-corrected chi connectivity index (χ0v) is 11.2. The van der Waals surface area contributed by atoms with Gasteiger partial charge in [0.15, 0.2) is 0 Å². The van der Waals surface area contributed by atoms with Gasteiger partial charge in [0.2, 0.25) is 0 Å². The molecule has 0 spiro atoms. The van der Waals surface area contributed by atoms with Crippen LogP contribution < -0.4 is 0 Å². The predicted octanol–water partition coefficient (Wildman–Crippen LogP) is 4.35. The summed E-state index contributed by atoms with van der Waals surface area (Å²) in [5, 5.41) is 10.6. The topological polar surface area (TPSA) is 20.2 Å². The number of hydrogen-bond acceptors (Lipinski definition) is 1. The van der Waals surface area contributed by atoms with Crippen molar-refractivity contribution in [2.45, 2.75) is 51.6 Å². The highest BCUT2D eigenvalue weighted by Gasteiger charge is 2.26. The summed E-state index contributed by atoms with van der Waals surface area (Å²) in [6.07, 6.45) is 3.48. The van der Waals surface area contributed by atoms with E-state index >= 15 is 0 Å². The Balaban J connectivity index is 2.89. The number of halogens is 2. The second-order valence-electron chi connectivity index (χ2n) is 4.61. The van der Waals surface area contributed by atoms with E-state index in [1.54, 1.807) is 12.1 Å². The molecule has 0 aliphatic carbocycles. The maximum absolute atomic E-state index is 13.8. The molecule has 0 aromatic heterocycles. The molecule has 1 rings (SSSR count). The number of aliphatic hydroxyl groups is 1. The molecule has 0 amide bonds. The first-order valence-corrected chi connectivity index (χ1v) is 6.55. The average molecular weight is 259 g/mol. The third-order valence-corrected chi connectivity index (χ3v) is 3.27. The van der Waals surface area contributed by atoms with Crippen LogP contribution in [0, 0.1) is 5.82 Å². The van der Waals surface area contributed by atoms with Gasteiger partial charge in [-0.1, -0.05) is 50.4 Å². The van der Waals surface area contributed by atoms with Crippen LogP contribution in [0.25, 0.3) is 0 Å². The van der Waals surface area contributed by atoms with Gasteiger partial charge in [-0.15, -0.1) is 0 Å². The van der Waals surface area contributed by atoms with Gasteiger partial charge in [0, 0.05) is 6.42 Å². The van der Waals surface area contributed by atoms with Crippen molar-refractivity contribution in [3.05, 3.63) is 34.6 Å². The Labute approximate surface area is 108 Å². The molecule has 3 heteroatoms. The van der Waals surface area contributed by atoms with Crippen LogP contribution in [-0.4, -0.2) is 10.7 Å². The van der Waals surface area contributed by atoms with Crippen LogP contribution in [0.15, 0.2) is 18.2 Å². The van der Waals surface area contributed by atoms with Crippen LogP contribution >= 0.6 is 11.6 Å².